The maximum atomic E-state index is 12.2. The second-order valence-corrected chi connectivity index (χ2v) is 8.07. The van der Waals surface area contributed by atoms with Gasteiger partial charge in [0.1, 0.15) is 12.4 Å². The minimum atomic E-state index is -3.51. The summed E-state index contributed by atoms with van der Waals surface area (Å²) >= 11 is 0. The molecule has 3 N–H and O–H groups in total. The molecular formula is C20H29IN4O3S. The maximum absolute atomic E-state index is 12.2. The molecule has 7 nitrogen and oxygen atoms in total. The van der Waals surface area contributed by atoms with Crippen molar-refractivity contribution in [3.05, 3.63) is 59.7 Å². The van der Waals surface area contributed by atoms with E-state index in [0.717, 1.165) is 11.3 Å². The Balaban J connectivity index is 0.00000420. The lowest BCUT2D eigenvalue weighted by atomic mass is 10.2. The van der Waals surface area contributed by atoms with Crippen molar-refractivity contribution in [2.75, 3.05) is 33.3 Å². The smallest absolute Gasteiger partial charge is 0.240 e. The Morgan fingerprint density at radius 3 is 2.03 bits per heavy atom. The van der Waals surface area contributed by atoms with Crippen molar-refractivity contribution in [2.24, 2.45) is 4.99 Å². The number of guanidine groups is 1. The number of aryl methyl sites for hydroxylation is 2. The number of hydrogen-bond donors (Lipinski definition) is 3. The van der Waals surface area contributed by atoms with Gasteiger partial charge in [0, 0.05) is 20.1 Å². The number of ether oxygens (including phenoxy) is 1. The van der Waals surface area contributed by atoms with Crippen molar-refractivity contribution in [1.29, 1.82) is 0 Å². The van der Waals surface area contributed by atoms with Gasteiger partial charge in [0.15, 0.2) is 5.96 Å². The summed E-state index contributed by atoms with van der Waals surface area (Å²) in [6.07, 6.45) is 0. The third kappa shape index (κ3) is 9.01. The molecule has 0 spiro atoms. The van der Waals surface area contributed by atoms with Crippen LogP contribution < -0.4 is 20.1 Å². The number of aliphatic imine (C=N–C) groups is 1. The fourth-order valence-electron chi connectivity index (χ4n) is 2.36. The van der Waals surface area contributed by atoms with Crippen LogP contribution in [0.3, 0.4) is 0 Å². The van der Waals surface area contributed by atoms with Crippen molar-refractivity contribution >= 4 is 40.0 Å². The lowest BCUT2D eigenvalue weighted by molar-refractivity contribution is 0.322. The number of hydrogen-bond acceptors (Lipinski definition) is 4. The van der Waals surface area contributed by atoms with Crippen LogP contribution in [0.15, 0.2) is 58.4 Å². The highest BCUT2D eigenvalue weighted by Crippen LogP contribution is 2.11. The Morgan fingerprint density at radius 1 is 0.897 bits per heavy atom. The van der Waals surface area contributed by atoms with Crippen LogP contribution in [0.25, 0.3) is 0 Å². The highest BCUT2D eigenvalue weighted by molar-refractivity contribution is 14.0. The van der Waals surface area contributed by atoms with Crippen LogP contribution in [0.1, 0.15) is 11.1 Å². The van der Waals surface area contributed by atoms with Gasteiger partial charge < -0.3 is 15.4 Å². The predicted molar refractivity (Wildman–Crippen MR) is 128 cm³/mol. The van der Waals surface area contributed by atoms with Crippen LogP contribution in [-0.4, -0.2) is 47.7 Å². The molecule has 0 aliphatic carbocycles. The molecule has 0 bridgehead atoms. The first-order valence-corrected chi connectivity index (χ1v) is 10.6. The van der Waals surface area contributed by atoms with E-state index >= 15 is 0 Å². The minimum absolute atomic E-state index is 0. The molecule has 2 rings (SSSR count). The molecular weight excluding hydrogens is 503 g/mol. The van der Waals surface area contributed by atoms with Gasteiger partial charge in [-0.1, -0.05) is 35.4 Å². The molecule has 160 valence electrons. The molecule has 0 aliphatic rings. The van der Waals surface area contributed by atoms with E-state index in [-0.39, 0.29) is 35.4 Å². The minimum Gasteiger partial charge on any atom is -0.492 e. The Labute approximate surface area is 190 Å². The normalized spacial score (nSPS) is 11.5. The first kappa shape index (κ1) is 25.2. The third-order valence-corrected chi connectivity index (χ3v) is 5.43. The average molecular weight is 532 g/mol. The van der Waals surface area contributed by atoms with Crippen molar-refractivity contribution in [3.8, 4) is 5.75 Å². The summed E-state index contributed by atoms with van der Waals surface area (Å²) in [5.41, 5.74) is 2.20. The van der Waals surface area contributed by atoms with E-state index in [1.807, 2.05) is 38.1 Å². The predicted octanol–water partition coefficient (Wildman–Crippen LogP) is 2.44. The molecule has 29 heavy (non-hydrogen) atoms. The number of sulfonamides is 1. The van der Waals surface area contributed by atoms with Crippen LogP contribution >= 0.6 is 24.0 Å². The Hall–Kier alpha value is -1.85. The van der Waals surface area contributed by atoms with Gasteiger partial charge in [0.25, 0.3) is 0 Å². The summed E-state index contributed by atoms with van der Waals surface area (Å²) < 4.78 is 32.7. The van der Waals surface area contributed by atoms with Crippen molar-refractivity contribution in [1.82, 2.24) is 15.4 Å². The summed E-state index contributed by atoms with van der Waals surface area (Å²) in [4.78, 5) is 4.37. The number of benzene rings is 2. The van der Waals surface area contributed by atoms with Crippen LogP contribution in [0.2, 0.25) is 0 Å². The van der Waals surface area contributed by atoms with E-state index in [9.17, 15) is 8.42 Å². The van der Waals surface area contributed by atoms with Crippen molar-refractivity contribution in [2.45, 2.75) is 18.7 Å². The van der Waals surface area contributed by atoms with Gasteiger partial charge >= 0.3 is 0 Å². The monoisotopic (exact) mass is 532 g/mol. The number of rotatable bonds is 9. The summed E-state index contributed by atoms with van der Waals surface area (Å²) in [5.74, 6) is 1.41. The molecule has 0 unspecified atom stereocenters. The van der Waals surface area contributed by atoms with E-state index in [0.29, 0.717) is 25.7 Å². The molecule has 0 atom stereocenters. The molecule has 0 aliphatic heterocycles. The molecule has 0 radical (unpaired) electrons. The maximum Gasteiger partial charge on any atom is 0.240 e. The topological polar surface area (TPSA) is 91.8 Å². The molecule has 0 saturated carbocycles. The molecule has 0 aromatic heterocycles. The zero-order valence-electron chi connectivity index (χ0n) is 16.9. The lowest BCUT2D eigenvalue weighted by Crippen LogP contribution is -2.42. The molecule has 0 amide bonds. The molecule has 0 fully saturated rings. The zero-order chi connectivity index (χ0) is 20.4. The van der Waals surface area contributed by atoms with Gasteiger partial charge in [-0.25, -0.2) is 13.1 Å². The van der Waals surface area contributed by atoms with Gasteiger partial charge in [0.2, 0.25) is 10.0 Å². The van der Waals surface area contributed by atoms with E-state index in [2.05, 4.69) is 20.3 Å². The highest BCUT2D eigenvalue weighted by Gasteiger charge is 2.12. The van der Waals surface area contributed by atoms with Gasteiger partial charge in [0.05, 0.1) is 11.4 Å². The summed E-state index contributed by atoms with van der Waals surface area (Å²) in [5, 5.41) is 6.19. The number of halogens is 1. The number of nitrogens with one attached hydrogen (secondary N) is 3. The molecule has 0 saturated heterocycles. The Kier molecular flexibility index (Phi) is 11.0. The van der Waals surface area contributed by atoms with E-state index in [1.165, 1.54) is 5.56 Å². The fraction of sp³-hybridized carbons (Fsp3) is 0.350. The van der Waals surface area contributed by atoms with E-state index < -0.39 is 10.0 Å². The summed E-state index contributed by atoms with van der Waals surface area (Å²) in [6, 6.07) is 14.6. The standard InChI is InChI=1S/C20H28N4O3S.HI/c1-16-4-8-18(9-5-16)27-15-14-23-20(21-3)22-12-13-24-28(25,26)19-10-6-17(2)7-11-19;/h4-11,24H,12-15H2,1-3H3,(H2,21,22,23);1H. The quantitative estimate of drug-likeness (QED) is 0.200. The first-order valence-electron chi connectivity index (χ1n) is 9.11. The summed E-state index contributed by atoms with van der Waals surface area (Å²) in [6.45, 7) is 5.66. The Morgan fingerprint density at radius 2 is 1.45 bits per heavy atom. The molecule has 2 aromatic carbocycles. The molecule has 2 aromatic rings. The second-order valence-electron chi connectivity index (χ2n) is 6.30. The Bertz CT molecular complexity index is 870. The van der Waals surface area contributed by atoms with Crippen LogP contribution in [0, 0.1) is 13.8 Å². The average Bonchev–Trinajstić information content (AvgIpc) is 2.68. The van der Waals surface area contributed by atoms with Crippen LogP contribution in [0.5, 0.6) is 5.75 Å². The third-order valence-electron chi connectivity index (χ3n) is 3.95. The van der Waals surface area contributed by atoms with E-state index in [1.54, 1.807) is 31.3 Å². The first-order chi connectivity index (χ1) is 13.4. The second kappa shape index (κ2) is 12.7. The number of nitrogens with zero attached hydrogens (tertiary/aromatic N) is 1. The van der Waals surface area contributed by atoms with Crippen molar-refractivity contribution in [3.63, 3.8) is 0 Å². The van der Waals surface area contributed by atoms with Crippen LogP contribution in [-0.2, 0) is 10.0 Å². The van der Waals surface area contributed by atoms with Gasteiger partial charge in [-0.05, 0) is 38.1 Å². The largest absolute Gasteiger partial charge is 0.492 e. The van der Waals surface area contributed by atoms with Gasteiger partial charge in [-0.15, -0.1) is 24.0 Å². The van der Waals surface area contributed by atoms with Gasteiger partial charge in [-0.2, -0.15) is 0 Å². The molecule has 0 heterocycles. The van der Waals surface area contributed by atoms with Crippen molar-refractivity contribution < 1.29 is 13.2 Å². The van der Waals surface area contributed by atoms with Gasteiger partial charge in [-0.3, -0.25) is 4.99 Å². The fourth-order valence-corrected chi connectivity index (χ4v) is 3.39. The van der Waals surface area contributed by atoms with E-state index in [4.69, 9.17) is 4.74 Å². The SMILES string of the molecule is CN=C(NCCNS(=O)(=O)c1ccc(C)cc1)NCCOc1ccc(C)cc1.I. The lowest BCUT2D eigenvalue weighted by Gasteiger charge is -2.13. The zero-order valence-corrected chi connectivity index (χ0v) is 20.1. The highest BCUT2D eigenvalue weighted by atomic mass is 127. The summed E-state index contributed by atoms with van der Waals surface area (Å²) in [7, 11) is -1.85. The van der Waals surface area contributed by atoms with Crippen LogP contribution in [0.4, 0.5) is 0 Å². The molecule has 9 heteroatoms.